The van der Waals surface area contributed by atoms with E-state index < -0.39 is 10.1 Å². The Kier molecular flexibility index (Phi) is 6.15. The van der Waals surface area contributed by atoms with Crippen molar-refractivity contribution >= 4 is 10.1 Å². The first-order valence-corrected chi connectivity index (χ1v) is 7.89. The molecule has 0 spiro atoms. The largest absolute Gasteiger partial charge is 0.494 e. The fourth-order valence-electron chi connectivity index (χ4n) is 1.46. The van der Waals surface area contributed by atoms with Gasteiger partial charge in [-0.3, -0.25) is 4.18 Å². The number of ether oxygens (including phenoxy) is 1. The first-order chi connectivity index (χ1) is 8.51. The number of aryl methyl sites for hydroxylation is 1. The van der Waals surface area contributed by atoms with E-state index in [4.69, 9.17) is 4.74 Å². The molecule has 0 saturated heterocycles. The molecule has 0 radical (unpaired) electrons. The normalized spacial score (nSPS) is 11.4. The minimum absolute atomic E-state index is 0.229. The van der Waals surface area contributed by atoms with E-state index in [1.165, 1.54) is 0 Å². The van der Waals surface area contributed by atoms with Crippen LogP contribution in [0.2, 0.25) is 0 Å². The predicted molar refractivity (Wildman–Crippen MR) is 71.3 cm³/mol. The van der Waals surface area contributed by atoms with Crippen molar-refractivity contribution in [2.75, 3.05) is 19.5 Å². The lowest BCUT2D eigenvalue weighted by molar-refractivity contribution is 0.315. The van der Waals surface area contributed by atoms with Crippen molar-refractivity contribution < 1.29 is 17.3 Å². The van der Waals surface area contributed by atoms with E-state index in [0.29, 0.717) is 6.42 Å². The average molecular weight is 272 g/mol. The smallest absolute Gasteiger partial charge is 0.264 e. The standard InChI is InChI=1S/C13H20O4S/c1-3-10-16-13-8-6-12(7-9-13)5-4-11-17-18(2,14)15/h6-9H,3-5,10-11H2,1-2H3. The SMILES string of the molecule is CCCOc1ccc(CCCOS(C)(=O)=O)cc1. The monoisotopic (exact) mass is 272 g/mol. The maximum absolute atomic E-state index is 10.7. The van der Waals surface area contributed by atoms with Crippen molar-refractivity contribution in [3.8, 4) is 5.75 Å². The molecule has 18 heavy (non-hydrogen) atoms. The molecule has 0 aliphatic carbocycles. The van der Waals surface area contributed by atoms with Gasteiger partial charge >= 0.3 is 0 Å². The number of rotatable bonds is 8. The van der Waals surface area contributed by atoms with E-state index in [1.54, 1.807) is 0 Å². The van der Waals surface area contributed by atoms with Crippen LogP contribution >= 0.6 is 0 Å². The molecule has 1 aromatic rings. The van der Waals surface area contributed by atoms with Gasteiger partial charge in [0.25, 0.3) is 10.1 Å². The second-order valence-electron chi connectivity index (χ2n) is 4.12. The predicted octanol–water partition coefficient (Wildman–Crippen LogP) is 2.38. The first-order valence-electron chi connectivity index (χ1n) is 6.07. The Morgan fingerprint density at radius 2 is 1.78 bits per heavy atom. The Labute approximate surface area is 109 Å². The Hall–Kier alpha value is -1.07. The van der Waals surface area contributed by atoms with Crippen LogP contribution < -0.4 is 4.74 Å². The van der Waals surface area contributed by atoms with Crippen LogP contribution in [0.4, 0.5) is 0 Å². The molecule has 0 aliphatic heterocycles. The molecular weight excluding hydrogens is 252 g/mol. The van der Waals surface area contributed by atoms with E-state index in [0.717, 1.165) is 37.0 Å². The van der Waals surface area contributed by atoms with Crippen molar-refractivity contribution in [2.45, 2.75) is 26.2 Å². The molecule has 0 atom stereocenters. The van der Waals surface area contributed by atoms with Crippen molar-refractivity contribution in [2.24, 2.45) is 0 Å². The number of benzene rings is 1. The van der Waals surface area contributed by atoms with Crippen LogP contribution in [-0.4, -0.2) is 27.9 Å². The summed E-state index contributed by atoms with van der Waals surface area (Å²) in [5.74, 6) is 0.869. The Morgan fingerprint density at radius 1 is 1.11 bits per heavy atom. The van der Waals surface area contributed by atoms with Gasteiger partial charge in [0, 0.05) is 0 Å². The van der Waals surface area contributed by atoms with Crippen LogP contribution in [0.25, 0.3) is 0 Å². The van der Waals surface area contributed by atoms with Crippen LogP contribution in [0.3, 0.4) is 0 Å². The molecule has 5 heteroatoms. The van der Waals surface area contributed by atoms with Gasteiger partial charge in [0.2, 0.25) is 0 Å². The highest BCUT2D eigenvalue weighted by Gasteiger charge is 2.01. The molecule has 102 valence electrons. The van der Waals surface area contributed by atoms with Crippen LogP contribution in [0, 0.1) is 0 Å². The molecule has 0 fully saturated rings. The molecule has 0 heterocycles. The van der Waals surface area contributed by atoms with Crippen LogP contribution in [0.5, 0.6) is 5.75 Å². The molecule has 0 unspecified atom stereocenters. The number of hydrogen-bond donors (Lipinski definition) is 0. The summed E-state index contributed by atoms with van der Waals surface area (Å²) in [4.78, 5) is 0. The summed E-state index contributed by atoms with van der Waals surface area (Å²) in [5.41, 5.74) is 1.15. The molecule has 0 amide bonds. The Balaban J connectivity index is 2.31. The Morgan fingerprint density at radius 3 is 2.33 bits per heavy atom. The third kappa shape index (κ3) is 6.61. The molecule has 1 rings (SSSR count). The lowest BCUT2D eigenvalue weighted by Crippen LogP contribution is -2.04. The maximum Gasteiger partial charge on any atom is 0.264 e. The van der Waals surface area contributed by atoms with Gasteiger partial charge in [-0.05, 0) is 37.0 Å². The molecular formula is C13H20O4S. The molecule has 0 saturated carbocycles. The third-order valence-electron chi connectivity index (χ3n) is 2.30. The quantitative estimate of drug-likeness (QED) is 0.538. The summed E-state index contributed by atoms with van der Waals surface area (Å²) in [5, 5.41) is 0. The van der Waals surface area contributed by atoms with Gasteiger partial charge < -0.3 is 4.74 Å². The molecule has 0 bridgehead atoms. The average Bonchev–Trinajstić information content (AvgIpc) is 2.32. The third-order valence-corrected chi connectivity index (χ3v) is 2.90. The zero-order valence-corrected chi connectivity index (χ0v) is 11.7. The van der Waals surface area contributed by atoms with E-state index in [-0.39, 0.29) is 6.61 Å². The second kappa shape index (κ2) is 7.38. The summed E-state index contributed by atoms with van der Waals surface area (Å²) < 4.78 is 31.6. The molecule has 0 aromatic heterocycles. The Bertz CT molecular complexity index is 437. The zero-order chi connectivity index (χ0) is 13.4. The maximum atomic E-state index is 10.7. The summed E-state index contributed by atoms with van der Waals surface area (Å²) >= 11 is 0. The van der Waals surface area contributed by atoms with Crippen molar-refractivity contribution in [1.29, 1.82) is 0 Å². The van der Waals surface area contributed by atoms with Crippen molar-refractivity contribution in [3.05, 3.63) is 29.8 Å². The van der Waals surface area contributed by atoms with Crippen molar-refractivity contribution in [3.63, 3.8) is 0 Å². The molecule has 1 aromatic carbocycles. The van der Waals surface area contributed by atoms with Crippen LogP contribution in [0.15, 0.2) is 24.3 Å². The molecule has 4 nitrogen and oxygen atoms in total. The minimum atomic E-state index is -3.32. The zero-order valence-electron chi connectivity index (χ0n) is 10.9. The van der Waals surface area contributed by atoms with Crippen LogP contribution in [-0.2, 0) is 20.7 Å². The summed E-state index contributed by atoms with van der Waals surface area (Å²) in [6.45, 7) is 3.02. The van der Waals surface area contributed by atoms with Gasteiger partial charge in [-0.15, -0.1) is 0 Å². The first kappa shape index (κ1) is 15.0. The summed E-state index contributed by atoms with van der Waals surface area (Å²) in [6.07, 6.45) is 3.53. The van der Waals surface area contributed by atoms with Gasteiger partial charge in [0.15, 0.2) is 0 Å². The van der Waals surface area contributed by atoms with E-state index in [9.17, 15) is 8.42 Å². The van der Waals surface area contributed by atoms with Gasteiger partial charge in [0.05, 0.1) is 19.5 Å². The van der Waals surface area contributed by atoms with Crippen molar-refractivity contribution in [1.82, 2.24) is 0 Å². The highest BCUT2D eigenvalue weighted by atomic mass is 32.2. The topological polar surface area (TPSA) is 52.6 Å². The van der Waals surface area contributed by atoms with Gasteiger partial charge in [-0.2, -0.15) is 8.42 Å². The summed E-state index contributed by atoms with van der Waals surface area (Å²) in [7, 11) is -3.32. The lowest BCUT2D eigenvalue weighted by atomic mass is 10.1. The summed E-state index contributed by atoms with van der Waals surface area (Å²) in [6, 6.07) is 7.85. The van der Waals surface area contributed by atoms with E-state index >= 15 is 0 Å². The number of hydrogen-bond acceptors (Lipinski definition) is 4. The highest BCUT2D eigenvalue weighted by molar-refractivity contribution is 7.85. The van der Waals surface area contributed by atoms with Crippen LogP contribution in [0.1, 0.15) is 25.3 Å². The second-order valence-corrected chi connectivity index (χ2v) is 5.77. The fraction of sp³-hybridized carbons (Fsp3) is 0.538. The lowest BCUT2D eigenvalue weighted by Gasteiger charge is -2.06. The van der Waals surface area contributed by atoms with E-state index in [1.807, 2.05) is 24.3 Å². The molecule has 0 aliphatic rings. The fourth-order valence-corrected chi connectivity index (χ4v) is 1.88. The van der Waals surface area contributed by atoms with Gasteiger partial charge in [-0.25, -0.2) is 0 Å². The molecule has 0 N–H and O–H groups in total. The minimum Gasteiger partial charge on any atom is -0.494 e. The van der Waals surface area contributed by atoms with E-state index in [2.05, 4.69) is 11.1 Å². The van der Waals surface area contributed by atoms with Gasteiger partial charge in [-0.1, -0.05) is 19.1 Å². The highest BCUT2D eigenvalue weighted by Crippen LogP contribution is 2.13. The van der Waals surface area contributed by atoms with Gasteiger partial charge in [0.1, 0.15) is 5.75 Å².